The zero-order valence-electron chi connectivity index (χ0n) is 12.9. The van der Waals surface area contributed by atoms with E-state index in [2.05, 4.69) is 5.32 Å². The number of pyridine rings is 1. The summed E-state index contributed by atoms with van der Waals surface area (Å²) in [7, 11) is 3.92. The van der Waals surface area contributed by atoms with Crippen molar-refractivity contribution in [3.8, 4) is 0 Å². The SMILES string of the molecule is CN(C)CC(NC(=O)Cn1ccccc1=O)c1ccccc1. The number of aromatic nitrogens is 1. The smallest absolute Gasteiger partial charge is 0.250 e. The van der Waals surface area contributed by atoms with Gasteiger partial charge in [-0.05, 0) is 25.7 Å². The van der Waals surface area contributed by atoms with E-state index in [0.717, 1.165) is 5.56 Å². The molecule has 1 N–H and O–H groups in total. The number of amides is 1. The van der Waals surface area contributed by atoms with Gasteiger partial charge in [0.25, 0.3) is 5.56 Å². The summed E-state index contributed by atoms with van der Waals surface area (Å²) < 4.78 is 1.40. The second-order valence-corrected chi connectivity index (χ2v) is 5.46. The standard InChI is InChI=1S/C17H21N3O2/c1-19(2)12-15(14-8-4-3-5-9-14)18-16(21)13-20-11-7-6-10-17(20)22/h3-11,15H,12-13H2,1-2H3,(H,18,21). The number of carbonyl (C=O) groups excluding carboxylic acids is 1. The summed E-state index contributed by atoms with van der Waals surface area (Å²) >= 11 is 0. The number of benzene rings is 1. The molecule has 0 aliphatic carbocycles. The summed E-state index contributed by atoms with van der Waals surface area (Å²) in [6.07, 6.45) is 1.62. The fraction of sp³-hybridized carbons (Fsp3) is 0.294. The second kappa shape index (κ2) is 7.56. The van der Waals surface area contributed by atoms with Crippen molar-refractivity contribution in [3.63, 3.8) is 0 Å². The molecule has 1 unspecified atom stereocenters. The van der Waals surface area contributed by atoms with Gasteiger partial charge in [0.2, 0.25) is 5.91 Å². The van der Waals surface area contributed by atoms with E-state index in [1.165, 1.54) is 10.6 Å². The lowest BCUT2D eigenvalue weighted by molar-refractivity contribution is -0.122. The van der Waals surface area contributed by atoms with Crippen LogP contribution in [0.5, 0.6) is 0 Å². The van der Waals surface area contributed by atoms with E-state index in [1.807, 2.05) is 49.3 Å². The lowest BCUT2D eigenvalue weighted by atomic mass is 10.1. The number of hydrogen-bond donors (Lipinski definition) is 1. The van der Waals surface area contributed by atoms with E-state index in [0.29, 0.717) is 6.54 Å². The summed E-state index contributed by atoms with van der Waals surface area (Å²) in [6, 6.07) is 14.6. The molecule has 1 aromatic heterocycles. The molecule has 0 spiro atoms. The zero-order valence-corrected chi connectivity index (χ0v) is 12.9. The Morgan fingerprint density at radius 2 is 1.82 bits per heavy atom. The van der Waals surface area contributed by atoms with Crippen LogP contribution in [0.2, 0.25) is 0 Å². The highest BCUT2D eigenvalue weighted by molar-refractivity contribution is 5.76. The molecule has 0 fully saturated rings. The van der Waals surface area contributed by atoms with E-state index in [1.54, 1.807) is 18.3 Å². The number of rotatable bonds is 6. The molecule has 1 heterocycles. The van der Waals surface area contributed by atoms with Crippen LogP contribution in [-0.4, -0.2) is 36.0 Å². The fourth-order valence-electron chi connectivity index (χ4n) is 2.27. The molecule has 1 atom stereocenters. The van der Waals surface area contributed by atoms with Crippen molar-refractivity contribution in [2.24, 2.45) is 0 Å². The second-order valence-electron chi connectivity index (χ2n) is 5.46. The molecule has 1 amide bonds. The first kappa shape index (κ1) is 16.0. The van der Waals surface area contributed by atoms with E-state index in [-0.39, 0.29) is 24.1 Å². The van der Waals surface area contributed by atoms with E-state index in [4.69, 9.17) is 0 Å². The van der Waals surface area contributed by atoms with Crippen LogP contribution >= 0.6 is 0 Å². The Balaban J connectivity index is 2.08. The fourth-order valence-corrected chi connectivity index (χ4v) is 2.27. The minimum Gasteiger partial charge on any atom is -0.346 e. The van der Waals surface area contributed by atoms with Crippen molar-refractivity contribution in [2.45, 2.75) is 12.6 Å². The monoisotopic (exact) mass is 299 g/mol. The molecule has 0 aliphatic rings. The van der Waals surface area contributed by atoms with Crippen molar-refractivity contribution >= 4 is 5.91 Å². The van der Waals surface area contributed by atoms with Crippen LogP contribution < -0.4 is 10.9 Å². The maximum atomic E-state index is 12.2. The van der Waals surface area contributed by atoms with Crippen molar-refractivity contribution in [2.75, 3.05) is 20.6 Å². The predicted octanol–water partition coefficient (Wildman–Crippen LogP) is 1.27. The molecule has 0 saturated heterocycles. The molecule has 0 bridgehead atoms. The number of carbonyl (C=O) groups is 1. The molecular formula is C17H21N3O2. The van der Waals surface area contributed by atoms with Gasteiger partial charge in [0.1, 0.15) is 6.54 Å². The minimum absolute atomic E-state index is 0.0242. The highest BCUT2D eigenvalue weighted by atomic mass is 16.2. The normalized spacial score (nSPS) is 12.1. The third-order valence-electron chi connectivity index (χ3n) is 3.30. The molecule has 0 aliphatic heterocycles. The van der Waals surface area contributed by atoms with Crippen LogP contribution in [0.1, 0.15) is 11.6 Å². The van der Waals surface area contributed by atoms with Gasteiger partial charge < -0.3 is 14.8 Å². The van der Waals surface area contributed by atoms with Crippen LogP contribution in [-0.2, 0) is 11.3 Å². The Morgan fingerprint density at radius 3 is 2.45 bits per heavy atom. The summed E-state index contributed by atoms with van der Waals surface area (Å²) in [5, 5.41) is 3.00. The molecule has 2 aromatic rings. The largest absolute Gasteiger partial charge is 0.346 e. The van der Waals surface area contributed by atoms with Crippen LogP contribution in [0.25, 0.3) is 0 Å². The maximum Gasteiger partial charge on any atom is 0.250 e. The quantitative estimate of drug-likeness (QED) is 0.874. The van der Waals surface area contributed by atoms with Gasteiger partial charge in [-0.2, -0.15) is 0 Å². The van der Waals surface area contributed by atoms with Crippen LogP contribution in [0.15, 0.2) is 59.5 Å². The van der Waals surface area contributed by atoms with Gasteiger partial charge in [-0.15, -0.1) is 0 Å². The predicted molar refractivity (Wildman–Crippen MR) is 86.6 cm³/mol. The van der Waals surface area contributed by atoms with Crippen LogP contribution in [0, 0.1) is 0 Å². The van der Waals surface area contributed by atoms with Gasteiger partial charge in [-0.1, -0.05) is 36.4 Å². The Hall–Kier alpha value is -2.40. The Labute approximate surface area is 130 Å². The maximum absolute atomic E-state index is 12.2. The minimum atomic E-state index is -0.179. The molecule has 2 rings (SSSR count). The highest BCUT2D eigenvalue weighted by Gasteiger charge is 2.15. The highest BCUT2D eigenvalue weighted by Crippen LogP contribution is 2.13. The average Bonchev–Trinajstić information content (AvgIpc) is 2.49. The summed E-state index contributed by atoms with van der Waals surface area (Å²) in [5.41, 5.74) is 0.867. The Morgan fingerprint density at radius 1 is 1.14 bits per heavy atom. The molecule has 5 heteroatoms. The number of likely N-dealkylation sites (N-methyl/N-ethyl adjacent to an activating group) is 1. The van der Waals surface area contributed by atoms with Crippen LogP contribution in [0.3, 0.4) is 0 Å². The molecule has 1 aromatic carbocycles. The van der Waals surface area contributed by atoms with Gasteiger partial charge in [-0.25, -0.2) is 0 Å². The van der Waals surface area contributed by atoms with Gasteiger partial charge >= 0.3 is 0 Å². The first-order valence-electron chi connectivity index (χ1n) is 7.21. The summed E-state index contributed by atoms with van der Waals surface area (Å²) in [4.78, 5) is 25.9. The Kier molecular flexibility index (Phi) is 5.49. The van der Waals surface area contributed by atoms with Crippen molar-refractivity contribution in [1.29, 1.82) is 0 Å². The molecule has 5 nitrogen and oxygen atoms in total. The van der Waals surface area contributed by atoms with Crippen LogP contribution in [0.4, 0.5) is 0 Å². The first-order valence-corrected chi connectivity index (χ1v) is 7.21. The summed E-state index contributed by atoms with van der Waals surface area (Å²) in [6.45, 7) is 0.718. The third kappa shape index (κ3) is 4.56. The third-order valence-corrected chi connectivity index (χ3v) is 3.30. The van der Waals surface area contributed by atoms with E-state index >= 15 is 0 Å². The van der Waals surface area contributed by atoms with Gasteiger partial charge in [0.15, 0.2) is 0 Å². The zero-order chi connectivity index (χ0) is 15.9. The van der Waals surface area contributed by atoms with E-state index < -0.39 is 0 Å². The molecule has 0 radical (unpaired) electrons. The number of nitrogens with zero attached hydrogens (tertiary/aromatic N) is 2. The molecule has 0 saturated carbocycles. The number of nitrogens with one attached hydrogen (secondary N) is 1. The molecular weight excluding hydrogens is 278 g/mol. The van der Waals surface area contributed by atoms with Gasteiger partial charge in [-0.3, -0.25) is 9.59 Å². The summed E-state index contributed by atoms with van der Waals surface area (Å²) in [5.74, 6) is -0.177. The first-order chi connectivity index (χ1) is 10.6. The topological polar surface area (TPSA) is 54.3 Å². The van der Waals surface area contributed by atoms with Gasteiger partial charge in [0.05, 0.1) is 6.04 Å². The lowest BCUT2D eigenvalue weighted by Crippen LogP contribution is -2.38. The van der Waals surface area contributed by atoms with Crippen molar-refractivity contribution in [3.05, 3.63) is 70.6 Å². The molecule has 22 heavy (non-hydrogen) atoms. The van der Waals surface area contributed by atoms with E-state index in [9.17, 15) is 9.59 Å². The average molecular weight is 299 g/mol. The van der Waals surface area contributed by atoms with Gasteiger partial charge in [0, 0.05) is 18.8 Å². The molecule has 116 valence electrons. The Bertz CT molecular complexity index is 665. The lowest BCUT2D eigenvalue weighted by Gasteiger charge is -2.23. The van der Waals surface area contributed by atoms with Crippen molar-refractivity contribution < 1.29 is 4.79 Å². The number of hydrogen-bond acceptors (Lipinski definition) is 3. The van der Waals surface area contributed by atoms with Crippen molar-refractivity contribution in [1.82, 2.24) is 14.8 Å².